The third-order valence-corrected chi connectivity index (χ3v) is 5.88. The molecule has 2 aliphatic heterocycles. The summed E-state index contributed by atoms with van der Waals surface area (Å²) in [5, 5.41) is 9.86. The predicted octanol–water partition coefficient (Wildman–Crippen LogP) is 2.13. The van der Waals surface area contributed by atoms with Gasteiger partial charge in [0.05, 0.1) is 25.2 Å². The molecule has 0 unspecified atom stereocenters. The molecule has 2 aromatic carbocycles. The SMILES string of the molecule is CCC(=O)N1CC(=O)N2[C@H](CO)[C@@H](c3ccc(C#Cc4cccc(F)c4)cc3)[C@@H]2C1. The highest BCUT2D eigenvalue weighted by atomic mass is 19.1. The maximum Gasteiger partial charge on any atom is 0.242 e. The number of carbonyl (C=O) groups excluding carboxylic acids is 2. The van der Waals surface area contributed by atoms with Gasteiger partial charge in [-0.15, -0.1) is 0 Å². The van der Waals surface area contributed by atoms with Crippen LogP contribution in [0.4, 0.5) is 4.39 Å². The molecule has 2 fully saturated rings. The lowest BCUT2D eigenvalue weighted by Crippen LogP contribution is -2.73. The minimum absolute atomic E-state index is 0.0304. The Morgan fingerprint density at radius 2 is 1.90 bits per heavy atom. The van der Waals surface area contributed by atoms with Crippen LogP contribution in [0.3, 0.4) is 0 Å². The van der Waals surface area contributed by atoms with E-state index in [-0.39, 0.29) is 48.8 Å². The molecule has 0 aliphatic carbocycles. The van der Waals surface area contributed by atoms with E-state index in [4.69, 9.17) is 0 Å². The average Bonchev–Trinajstić information content (AvgIpc) is 2.74. The van der Waals surface area contributed by atoms with E-state index in [1.807, 2.05) is 24.3 Å². The smallest absolute Gasteiger partial charge is 0.242 e. The van der Waals surface area contributed by atoms with Crippen LogP contribution in [0.1, 0.15) is 36.0 Å². The lowest BCUT2D eigenvalue weighted by molar-refractivity contribution is -0.166. The molecule has 0 saturated carbocycles. The number of aliphatic hydroxyl groups excluding tert-OH is 1. The Labute approximate surface area is 175 Å². The fourth-order valence-electron chi connectivity index (χ4n) is 4.41. The Morgan fingerprint density at radius 1 is 1.17 bits per heavy atom. The van der Waals surface area contributed by atoms with Gasteiger partial charge in [0.1, 0.15) is 5.82 Å². The molecule has 2 saturated heterocycles. The number of hydrogen-bond donors (Lipinski definition) is 1. The molecule has 2 aromatic rings. The summed E-state index contributed by atoms with van der Waals surface area (Å²) in [6.45, 7) is 2.25. The molecule has 5 nitrogen and oxygen atoms in total. The van der Waals surface area contributed by atoms with Crippen molar-refractivity contribution in [1.29, 1.82) is 0 Å². The molecule has 0 aromatic heterocycles. The first-order valence-electron chi connectivity index (χ1n) is 10.1. The maximum atomic E-state index is 13.3. The van der Waals surface area contributed by atoms with Crippen LogP contribution in [0.2, 0.25) is 0 Å². The lowest BCUT2D eigenvalue weighted by atomic mass is 9.73. The number of nitrogens with zero attached hydrogens (tertiary/aromatic N) is 2. The molecule has 30 heavy (non-hydrogen) atoms. The quantitative estimate of drug-likeness (QED) is 0.795. The topological polar surface area (TPSA) is 60.9 Å². The third-order valence-electron chi connectivity index (χ3n) is 5.88. The highest BCUT2D eigenvalue weighted by molar-refractivity contribution is 5.87. The molecular weight excluding hydrogens is 383 g/mol. The Bertz CT molecular complexity index is 1020. The van der Waals surface area contributed by atoms with Gasteiger partial charge in [-0.2, -0.15) is 0 Å². The summed E-state index contributed by atoms with van der Waals surface area (Å²) in [6.07, 6.45) is 0.368. The standard InChI is InChI=1S/C24H23FN2O3/c1-2-22(29)26-13-20-24(21(15-28)27(20)23(30)14-26)18-10-8-16(9-11-18)6-7-17-4-3-5-19(25)12-17/h3-5,8-12,20-21,24,28H,2,13-15H2,1H3/t20-,21+,24-/m0/s1. The van der Waals surface area contributed by atoms with Crippen LogP contribution < -0.4 is 0 Å². The average molecular weight is 406 g/mol. The number of piperazine rings is 1. The van der Waals surface area contributed by atoms with Crippen LogP contribution >= 0.6 is 0 Å². The zero-order chi connectivity index (χ0) is 21.3. The van der Waals surface area contributed by atoms with Crippen molar-refractivity contribution in [3.8, 4) is 11.8 Å². The van der Waals surface area contributed by atoms with Crippen LogP contribution in [0, 0.1) is 17.7 Å². The van der Waals surface area contributed by atoms with Gasteiger partial charge < -0.3 is 14.9 Å². The summed E-state index contributed by atoms with van der Waals surface area (Å²) in [4.78, 5) is 27.9. The fraction of sp³-hybridized carbons (Fsp3) is 0.333. The summed E-state index contributed by atoms with van der Waals surface area (Å²) >= 11 is 0. The van der Waals surface area contributed by atoms with Gasteiger partial charge in [0.2, 0.25) is 11.8 Å². The number of rotatable bonds is 3. The lowest BCUT2D eigenvalue weighted by Gasteiger charge is -2.58. The van der Waals surface area contributed by atoms with Gasteiger partial charge in [0.25, 0.3) is 0 Å². The fourth-order valence-corrected chi connectivity index (χ4v) is 4.41. The molecule has 2 aliphatic rings. The van der Waals surface area contributed by atoms with Crippen LogP contribution in [-0.4, -0.2) is 58.5 Å². The zero-order valence-corrected chi connectivity index (χ0v) is 16.7. The Hall–Kier alpha value is -3.17. The van der Waals surface area contributed by atoms with E-state index in [0.717, 1.165) is 11.1 Å². The molecular formula is C24H23FN2O3. The van der Waals surface area contributed by atoms with Crippen molar-refractivity contribution in [1.82, 2.24) is 9.80 Å². The number of aliphatic hydroxyl groups is 1. The summed E-state index contributed by atoms with van der Waals surface area (Å²) in [7, 11) is 0. The van der Waals surface area contributed by atoms with Crippen molar-refractivity contribution in [2.75, 3.05) is 19.7 Å². The highest BCUT2D eigenvalue weighted by Crippen LogP contribution is 2.42. The summed E-state index contributed by atoms with van der Waals surface area (Å²) < 4.78 is 13.3. The van der Waals surface area contributed by atoms with Crippen LogP contribution in [0.15, 0.2) is 48.5 Å². The molecule has 2 amide bonds. The molecule has 3 atom stereocenters. The molecule has 1 N–H and O–H groups in total. The second kappa shape index (κ2) is 8.29. The first kappa shape index (κ1) is 20.1. The summed E-state index contributed by atoms with van der Waals surface area (Å²) in [5.74, 6) is 5.48. The second-order valence-electron chi connectivity index (χ2n) is 7.65. The van der Waals surface area contributed by atoms with E-state index >= 15 is 0 Å². The van der Waals surface area contributed by atoms with Gasteiger partial charge in [0.15, 0.2) is 0 Å². The monoisotopic (exact) mass is 406 g/mol. The highest BCUT2D eigenvalue weighted by Gasteiger charge is 2.54. The Kier molecular flexibility index (Phi) is 5.56. The van der Waals surface area contributed by atoms with Gasteiger partial charge in [-0.05, 0) is 35.9 Å². The normalized spacial score (nSPS) is 22.6. The predicted molar refractivity (Wildman–Crippen MR) is 110 cm³/mol. The summed E-state index contributed by atoms with van der Waals surface area (Å²) in [5.41, 5.74) is 2.41. The molecule has 2 heterocycles. The minimum atomic E-state index is -0.320. The Balaban J connectivity index is 1.53. The number of benzene rings is 2. The molecule has 0 spiro atoms. The van der Waals surface area contributed by atoms with Gasteiger partial charge >= 0.3 is 0 Å². The molecule has 154 valence electrons. The maximum absolute atomic E-state index is 13.3. The van der Waals surface area contributed by atoms with Crippen molar-refractivity contribution < 1.29 is 19.1 Å². The zero-order valence-electron chi connectivity index (χ0n) is 16.7. The van der Waals surface area contributed by atoms with Crippen LogP contribution in [-0.2, 0) is 9.59 Å². The van der Waals surface area contributed by atoms with Crippen molar-refractivity contribution in [2.24, 2.45) is 0 Å². The molecule has 0 radical (unpaired) electrons. The van der Waals surface area contributed by atoms with Crippen molar-refractivity contribution in [3.05, 3.63) is 71.0 Å². The van der Waals surface area contributed by atoms with Crippen LogP contribution in [0.5, 0.6) is 0 Å². The van der Waals surface area contributed by atoms with E-state index in [1.165, 1.54) is 12.1 Å². The number of hydrogen-bond acceptors (Lipinski definition) is 3. The van der Waals surface area contributed by atoms with Gasteiger partial charge in [-0.3, -0.25) is 9.59 Å². The van der Waals surface area contributed by atoms with Gasteiger partial charge in [-0.25, -0.2) is 4.39 Å². The molecule has 0 bridgehead atoms. The van der Waals surface area contributed by atoms with E-state index < -0.39 is 0 Å². The van der Waals surface area contributed by atoms with Gasteiger partial charge in [0, 0.05) is 30.0 Å². The molecule has 4 rings (SSSR count). The number of fused-ring (bicyclic) bond motifs is 1. The van der Waals surface area contributed by atoms with E-state index in [2.05, 4.69) is 11.8 Å². The number of amides is 2. The summed E-state index contributed by atoms with van der Waals surface area (Å²) in [6, 6.07) is 13.4. The Morgan fingerprint density at radius 3 is 2.57 bits per heavy atom. The first-order valence-corrected chi connectivity index (χ1v) is 10.1. The van der Waals surface area contributed by atoms with E-state index in [9.17, 15) is 19.1 Å². The first-order chi connectivity index (χ1) is 14.5. The van der Waals surface area contributed by atoms with Crippen molar-refractivity contribution >= 4 is 11.8 Å². The largest absolute Gasteiger partial charge is 0.394 e. The van der Waals surface area contributed by atoms with E-state index in [0.29, 0.717) is 18.5 Å². The number of carbonyl (C=O) groups is 2. The third kappa shape index (κ3) is 3.69. The van der Waals surface area contributed by atoms with Crippen molar-refractivity contribution in [3.63, 3.8) is 0 Å². The number of halogens is 1. The molecule has 6 heteroatoms. The second-order valence-corrected chi connectivity index (χ2v) is 7.65. The van der Waals surface area contributed by atoms with Crippen LogP contribution in [0.25, 0.3) is 0 Å². The minimum Gasteiger partial charge on any atom is -0.394 e. The van der Waals surface area contributed by atoms with Gasteiger partial charge in [-0.1, -0.05) is 37.0 Å². The van der Waals surface area contributed by atoms with Crippen molar-refractivity contribution in [2.45, 2.75) is 31.3 Å². The van der Waals surface area contributed by atoms with E-state index in [1.54, 1.807) is 28.9 Å².